The first-order valence-electron chi connectivity index (χ1n) is 16.2. The van der Waals surface area contributed by atoms with Crippen molar-refractivity contribution in [2.75, 3.05) is 10.6 Å². The largest absolute Gasteiger partial charge is 0.457 e. The molecule has 0 aliphatic heterocycles. The molecule has 0 spiro atoms. The van der Waals surface area contributed by atoms with Gasteiger partial charge in [0.25, 0.3) is 11.8 Å². The van der Waals surface area contributed by atoms with Crippen molar-refractivity contribution in [2.45, 2.75) is 24.0 Å². The van der Waals surface area contributed by atoms with Crippen molar-refractivity contribution in [3.05, 3.63) is 178 Å². The Morgan fingerprint density at radius 1 is 0.725 bits per heavy atom. The average molecular weight is 712 g/mol. The molecule has 3 amide bonds. The van der Waals surface area contributed by atoms with E-state index in [1.807, 2.05) is 105 Å². The van der Waals surface area contributed by atoms with E-state index in [2.05, 4.69) is 16.0 Å². The number of benzene rings is 5. The fourth-order valence-corrected chi connectivity index (χ4v) is 6.32. The number of aryl methyl sites for hydroxylation is 2. The first-order valence-corrected chi connectivity index (χ1v) is 17.4. The second-order valence-electron chi connectivity index (χ2n) is 11.8. The van der Waals surface area contributed by atoms with Crippen LogP contribution in [0.4, 0.5) is 11.4 Å². The minimum atomic E-state index is -0.562. The molecule has 0 aliphatic carbocycles. The van der Waals surface area contributed by atoms with Crippen LogP contribution in [0.15, 0.2) is 155 Å². The summed E-state index contributed by atoms with van der Waals surface area (Å²) < 4.78 is 6.03. The summed E-state index contributed by atoms with van der Waals surface area (Å²) in [7, 11) is 0. The van der Waals surface area contributed by atoms with Gasteiger partial charge in [-0.2, -0.15) is 0 Å². The second kappa shape index (κ2) is 16.3. The van der Waals surface area contributed by atoms with Crippen LogP contribution < -0.4 is 16.0 Å². The van der Waals surface area contributed by atoms with Crippen molar-refractivity contribution in [3.8, 4) is 11.3 Å². The lowest BCUT2D eigenvalue weighted by Crippen LogP contribution is -2.30. The van der Waals surface area contributed by atoms with Crippen LogP contribution in [0.2, 0.25) is 5.02 Å². The Morgan fingerprint density at radius 2 is 1.39 bits per heavy atom. The maximum Gasteiger partial charge on any atom is 0.272 e. The van der Waals surface area contributed by atoms with Gasteiger partial charge in [-0.3, -0.25) is 14.4 Å². The van der Waals surface area contributed by atoms with E-state index in [4.69, 9.17) is 16.0 Å². The highest BCUT2D eigenvalue weighted by molar-refractivity contribution is 8.00. The van der Waals surface area contributed by atoms with E-state index in [1.165, 1.54) is 17.8 Å². The molecule has 0 saturated heterocycles. The Balaban J connectivity index is 1.20. The third kappa shape index (κ3) is 9.25. The van der Waals surface area contributed by atoms with Gasteiger partial charge in [0, 0.05) is 38.5 Å². The zero-order chi connectivity index (χ0) is 35.7. The quantitative estimate of drug-likeness (QED) is 0.0918. The van der Waals surface area contributed by atoms with Gasteiger partial charge in [0.05, 0.1) is 0 Å². The molecule has 0 saturated carbocycles. The number of rotatable bonds is 11. The minimum Gasteiger partial charge on any atom is -0.457 e. The summed E-state index contributed by atoms with van der Waals surface area (Å²) in [6.07, 6.45) is 1.50. The Kier molecular flexibility index (Phi) is 11.2. The molecule has 1 atom stereocenters. The molecule has 7 nitrogen and oxygen atoms in total. The van der Waals surface area contributed by atoms with Gasteiger partial charge < -0.3 is 20.4 Å². The van der Waals surface area contributed by atoms with Crippen molar-refractivity contribution in [3.63, 3.8) is 0 Å². The van der Waals surface area contributed by atoms with Crippen LogP contribution >= 0.6 is 23.4 Å². The third-order valence-electron chi connectivity index (χ3n) is 7.92. The fraction of sp³-hybridized carbons (Fsp3) is 0.0714. The number of thioether (sulfide) groups is 1. The molecule has 1 aromatic heterocycles. The topological polar surface area (TPSA) is 100 Å². The number of hydrogen-bond acceptors (Lipinski definition) is 5. The summed E-state index contributed by atoms with van der Waals surface area (Å²) in [6.45, 7) is 3.92. The number of hydrogen-bond donors (Lipinski definition) is 3. The smallest absolute Gasteiger partial charge is 0.272 e. The van der Waals surface area contributed by atoms with Gasteiger partial charge in [0.1, 0.15) is 22.5 Å². The number of carbonyl (C=O) groups is 3. The molecule has 1 unspecified atom stereocenters. The molecule has 9 heteroatoms. The molecule has 0 bridgehead atoms. The van der Waals surface area contributed by atoms with Gasteiger partial charge in [-0.05, 0) is 85.6 Å². The van der Waals surface area contributed by atoms with Gasteiger partial charge in [0.15, 0.2) is 0 Å². The van der Waals surface area contributed by atoms with Crippen LogP contribution in [0.1, 0.15) is 38.1 Å². The van der Waals surface area contributed by atoms with Crippen molar-refractivity contribution in [2.24, 2.45) is 0 Å². The molecule has 0 fully saturated rings. The monoisotopic (exact) mass is 711 g/mol. The Hall–Kier alpha value is -5.83. The van der Waals surface area contributed by atoms with Gasteiger partial charge >= 0.3 is 0 Å². The Bertz CT molecular complexity index is 2180. The number of anilines is 2. The molecular weight excluding hydrogens is 678 g/mol. The molecule has 5 aromatic carbocycles. The summed E-state index contributed by atoms with van der Waals surface area (Å²) in [5.41, 5.74) is 5.30. The molecule has 3 N–H and O–H groups in total. The highest BCUT2D eigenvalue weighted by Gasteiger charge is 2.23. The first-order chi connectivity index (χ1) is 24.7. The van der Waals surface area contributed by atoms with Gasteiger partial charge in [-0.1, -0.05) is 96.0 Å². The zero-order valence-corrected chi connectivity index (χ0v) is 29.4. The van der Waals surface area contributed by atoms with Gasteiger partial charge in [-0.15, -0.1) is 11.8 Å². The van der Waals surface area contributed by atoms with E-state index in [0.717, 1.165) is 27.1 Å². The van der Waals surface area contributed by atoms with Gasteiger partial charge in [0.2, 0.25) is 5.91 Å². The van der Waals surface area contributed by atoms with E-state index in [1.54, 1.807) is 48.5 Å². The number of halogens is 1. The van der Waals surface area contributed by atoms with Crippen molar-refractivity contribution >= 4 is 58.5 Å². The summed E-state index contributed by atoms with van der Waals surface area (Å²) in [4.78, 5) is 41.1. The Labute approximate surface area is 305 Å². The minimum absolute atomic E-state index is 0.00383. The van der Waals surface area contributed by atoms with Gasteiger partial charge in [-0.25, -0.2) is 0 Å². The predicted octanol–water partition coefficient (Wildman–Crippen LogP) is 10.1. The predicted molar refractivity (Wildman–Crippen MR) is 206 cm³/mol. The van der Waals surface area contributed by atoms with E-state index in [0.29, 0.717) is 33.5 Å². The zero-order valence-electron chi connectivity index (χ0n) is 27.9. The SMILES string of the molecule is Cc1ccc(-c2ccc(/C=C(\NC(=O)c3ccccc3)C(=O)Nc3ccc(SC(C(=O)Nc4ccc(C)c(Cl)c4)c4ccccc4)cc3)o2)cc1. The third-order valence-corrected chi connectivity index (χ3v) is 9.60. The normalized spacial score (nSPS) is 11.8. The maximum atomic E-state index is 13.7. The van der Waals surface area contributed by atoms with Crippen LogP contribution in [0.5, 0.6) is 0 Å². The van der Waals surface area contributed by atoms with Crippen molar-refractivity contribution < 1.29 is 18.8 Å². The van der Waals surface area contributed by atoms with E-state index < -0.39 is 17.1 Å². The summed E-state index contributed by atoms with van der Waals surface area (Å²) in [5, 5.41) is 8.62. The second-order valence-corrected chi connectivity index (χ2v) is 13.4. The highest BCUT2D eigenvalue weighted by Crippen LogP contribution is 2.37. The molecular formula is C42H34ClN3O4S. The lowest BCUT2D eigenvalue weighted by atomic mass is 10.1. The molecule has 254 valence electrons. The van der Waals surface area contributed by atoms with Crippen molar-refractivity contribution in [1.29, 1.82) is 0 Å². The molecule has 51 heavy (non-hydrogen) atoms. The number of amides is 3. The van der Waals surface area contributed by atoms with Crippen LogP contribution in [0.25, 0.3) is 17.4 Å². The lowest BCUT2D eigenvalue weighted by molar-refractivity contribution is -0.116. The standard InChI is InChI=1S/C42H34ClN3O4S/c1-27-13-16-29(17-14-27)38-24-21-34(50-38)26-37(46-40(47)31-11-7-4-8-12-31)41(48)44-32-19-22-35(23-20-32)51-39(30-9-5-3-6-10-30)42(49)45-33-18-15-28(2)36(43)25-33/h3-26,39H,1-2H3,(H,44,48)(H,45,49)(H,46,47)/b37-26-. The van der Waals surface area contributed by atoms with E-state index in [-0.39, 0.29) is 11.6 Å². The number of nitrogens with one attached hydrogen (secondary N) is 3. The van der Waals surface area contributed by atoms with E-state index >= 15 is 0 Å². The average Bonchev–Trinajstić information content (AvgIpc) is 3.62. The molecule has 6 aromatic rings. The van der Waals surface area contributed by atoms with E-state index in [9.17, 15) is 14.4 Å². The molecule has 1 heterocycles. The van der Waals surface area contributed by atoms with Crippen LogP contribution in [-0.4, -0.2) is 17.7 Å². The highest BCUT2D eigenvalue weighted by atomic mass is 35.5. The first kappa shape index (κ1) is 35.0. The molecule has 0 radical (unpaired) electrons. The van der Waals surface area contributed by atoms with Crippen LogP contribution in [0, 0.1) is 13.8 Å². The summed E-state index contributed by atoms with van der Waals surface area (Å²) in [6, 6.07) is 42.2. The number of furan rings is 1. The Morgan fingerprint density at radius 3 is 2.08 bits per heavy atom. The number of carbonyl (C=O) groups excluding carboxylic acids is 3. The van der Waals surface area contributed by atoms with Crippen molar-refractivity contribution in [1.82, 2.24) is 5.32 Å². The lowest BCUT2D eigenvalue weighted by Gasteiger charge is -2.18. The molecule has 0 aliphatic rings. The van der Waals surface area contributed by atoms with Crippen LogP contribution in [0.3, 0.4) is 0 Å². The summed E-state index contributed by atoms with van der Waals surface area (Å²) in [5.74, 6) is -0.142. The maximum absolute atomic E-state index is 13.7. The summed E-state index contributed by atoms with van der Waals surface area (Å²) >= 11 is 7.68. The van der Waals surface area contributed by atoms with Crippen LogP contribution in [-0.2, 0) is 9.59 Å². The fourth-order valence-electron chi connectivity index (χ4n) is 5.12. The molecule has 6 rings (SSSR count).